The zero-order valence-electron chi connectivity index (χ0n) is 13.6. The lowest BCUT2D eigenvalue weighted by Crippen LogP contribution is -2.39. The quantitative estimate of drug-likeness (QED) is 0.725. The van der Waals surface area contributed by atoms with Gasteiger partial charge in [-0.05, 0) is 18.2 Å². The van der Waals surface area contributed by atoms with Crippen LogP contribution in [0.15, 0.2) is 29.5 Å². The number of hydrogen-bond acceptors (Lipinski definition) is 7. The van der Waals surface area contributed by atoms with Gasteiger partial charge in [-0.1, -0.05) is 11.6 Å². The summed E-state index contributed by atoms with van der Waals surface area (Å²) < 4.78 is 56.5. The second-order valence-corrected chi connectivity index (χ2v) is 5.31. The number of methoxy groups -OCH3 is 2. The van der Waals surface area contributed by atoms with E-state index in [-0.39, 0.29) is 35.3 Å². The van der Waals surface area contributed by atoms with Crippen molar-refractivity contribution in [3.8, 4) is 5.75 Å². The van der Waals surface area contributed by atoms with Crippen LogP contribution in [0.5, 0.6) is 5.75 Å². The standard InChI is InChI=1S/C15H13ClF3NO6/c1-23-13(21)9-6-25-7-20(12(9)14(22)24-2)10-5-8(16)3-4-11(10)26-15(17,18)19/h3-5H,6-7H2,1-2H3. The topological polar surface area (TPSA) is 74.3 Å². The maximum atomic E-state index is 12.7. The van der Waals surface area contributed by atoms with E-state index in [1.165, 1.54) is 6.07 Å². The Morgan fingerprint density at radius 1 is 1.19 bits per heavy atom. The molecule has 1 aliphatic rings. The number of halogens is 4. The maximum absolute atomic E-state index is 12.7. The lowest BCUT2D eigenvalue weighted by molar-refractivity contribution is -0.274. The van der Waals surface area contributed by atoms with Gasteiger partial charge >= 0.3 is 18.3 Å². The highest BCUT2D eigenvalue weighted by Gasteiger charge is 2.37. The first-order chi connectivity index (χ1) is 12.2. The Morgan fingerprint density at radius 2 is 1.85 bits per heavy atom. The third-order valence-corrected chi connectivity index (χ3v) is 3.51. The highest BCUT2D eigenvalue weighted by atomic mass is 35.5. The SMILES string of the molecule is COC(=O)C1=C(C(=O)OC)N(c2cc(Cl)ccc2OC(F)(F)F)COC1. The van der Waals surface area contributed by atoms with Crippen molar-refractivity contribution in [2.24, 2.45) is 0 Å². The van der Waals surface area contributed by atoms with E-state index in [1.807, 2.05) is 0 Å². The fourth-order valence-electron chi connectivity index (χ4n) is 2.25. The van der Waals surface area contributed by atoms with Crippen LogP contribution in [0.2, 0.25) is 5.02 Å². The Bertz CT molecular complexity index is 749. The van der Waals surface area contributed by atoms with Gasteiger partial charge in [-0.3, -0.25) is 0 Å². The van der Waals surface area contributed by atoms with Crippen LogP contribution in [0.25, 0.3) is 0 Å². The van der Waals surface area contributed by atoms with Crippen molar-refractivity contribution in [3.63, 3.8) is 0 Å². The minimum absolute atomic E-state index is 0.0731. The van der Waals surface area contributed by atoms with E-state index in [2.05, 4.69) is 14.2 Å². The number of carbonyl (C=O) groups is 2. The number of anilines is 1. The van der Waals surface area contributed by atoms with Crippen molar-refractivity contribution in [1.29, 1.82) is 0 Å². The number of ether oxygens (including phenoxy) is 4. The summed E-state index contributed by atoms with van der Waals surface area (Å²) in [5.74, 6) is -2.50. The summed E-state index contributed by atoms with van der Waals surface area (Å²) in [6.45, 7) is -0.636. The molecule has 0 atom stereocenters. The molecule has 0 aliphatic carbocycles. The number of hydrogen-bond donors (Lipinski definition) is 0. The van der Waals surface area contributed by atoms with Gasteiger partial charge in [-0.15, -0.1) is 13.2 Å². The van der Waals surface area contributed by atoms with Crippen LogP contribution in [0.4, 0.5) is 18.9 Å². The number of esters is 2. The molecule has 0 aromatic heterocycles. The number of nitrogens with zero attached hydrogens (tertiary/aromatic N) is 1. The molecule has 2 rings (SSSR count). The van der Waals surface area contributed by atoms with E-state index < -0.39 is 24.1 Å². The number of rotatable bonds is 4. The van der Waals surface area contributed by atoms with Gasteiger partial charge in [-0.25, -0.2) is 9.59 Å². The largest absolute Gasteiger partial charge is 0.573 e. The van der Waals surface area contributed by atoms with E-state index in [0.29, 0.717) is 0 Å². The molecule has 1 heterocycles. The van der Waals surface area contributed by atoms with Crippen LogP contribution in [-0.2, 0) is 23.8 Å². The highest BCUT2D eigenvalue weighted by Crippen LogP contribution is 2.38. The minimum atomic E-state index is -4.99. The zero-order chi connectivity index (χ0) is 19.5. The van der Waals surface area contributed by atoms with Gasteiger partial charge in [0.2, 0.25) is 0 Å². The smallest absolute Gasteiger partial charge is 0.466 e. The summed E-state index contributed by atoms with van der Waals surface area (Å²) >= 11 is 5.87. The van der Waals surface area contributed by atoms with Crippen molar-refractivity contribution in [3.05, 3.63) is 34.5 Å². The molecule has 1 aromatic carbocycles. The second-order valence-electron chi connectivity index (χ2n) is 4.88. The molecule has 1 aromatic rings. The normalized spacial score (nSPS) is 14.9. The highest BCUT2D eigenvalue weighted by molar-refractivity contribution is 6.31. The third-order valence-electron chi connectivity index (χ3n) is 3.27. The molecule has 0 saturated carbocycles. The Balaban J connectivity index is 2.63. The monoisotopic (exact) mass is 395 g/mol. The molecule has 0 saturated heterocycles. The number of benzene rings is 1. The predicted molar refractivity (Wildman–Crippen MR) is 82.5 cm³/mol. The van der Waals surface area contributed by atoms with Gasteiger partial charge in [0, 0.05) is 5.02 Å². The summed E-state index contributed by atoms with van der Waals surface area (Å²) in [5, 5.41) is 0.0731. The maximum Gasteiger partial charge on any atom is 0.573 e. The van der Waals surface area contributed by atoms with E-state index in [9.17, 15) is 22.8 Å². The Morgan fingerprint density at radius 3 is 2.42 bits per heavy atom. The molecular formula is C15H13ClF3NO6. The average molecular weight is 396 g/mol. The first-order valence-corrected chi connectivity index (χ1v) is 7.36. The van der Waals surface area contributed by atoms with Gasteiger partial charge in [0.15, 0.2) is 5.75 Å². The molecule has 7 nitrogen and oxygen atoms in total. The van der Waals surface area contributed by atoms with Gasteiger partial charge in [0.25, 0.3) is 0 Å². The Hall–Kier alpha value is -2.46. The van der Waals surface area contributed by atoms with Crippen LogP contribution in [-0.4, -0.2) is 45.9 Å². The van der Waals surface area contributed by atoms with Crippen molar-refractivity contribution in [2.75, 3.05) is 32.5 Å². The van der Waals surface area contributed by atoms with Gasteiger partial charge < -0.3 is 23.8 Å². The molecule has 0 spiro atoms. The molecule has 0 radical (unpaired) electrons. The minimum Gasteiger partial charge on any atom is -0.466 e. The molecular weight excluding hydrogens is 383 g/mol. The van der Waals surface area contributed by atoms with Crippen molar-refractivity contribution in [2.45, 2.75) is 6.36 Å². The lowest BCUT2D eigenvalue weighted by Gasteiger charge is -2.32. The summed E-state index contributed by atoms with van der Waals surface area (Å²) in [4.78, 5) is 25.1. The average Bonchev–Trinajstić information content (AvgIpc) is 2.60. The lowest BCUT2D eigenvalue weighted by atomic mass is 10.1. The van der Waals surface area contributed by atoms with Crippen molar-refractivity contribution in [1.82, 2.24) is 0 Å². The number of alkyl halides is 3. The van der Waals surface area contributed by atoms with Gasteiger partial charge in [0.05, 0.1) is 32.1 Å². The van der Waals surface area contributed by atoms with Gasteiger partial charge in [-0.2, -0.15) is 0 Å². The molecule has 1 aliphatic heterocycles. The number of carbonyl (C=O) groups excluding carboxylic acids is 2. The first kappa shape index (κ1) is 19.9. The Kier molecular flexibility index (Phi) is 5.98. The van der Waals surface area contributed by atoms with E-state index >= 15 is 0 Å². The van der Waals surface area contributed by atoms with Crippen molar-refractivity contribution < 1.29 is 41.7 Å². The van der Waals surface area contributed by atoms with Crippen molar-refractivity contribution >= 4 is 29.2 Å². The molecule has 0 fully saturated rings. The molecule has 26 heavy (non-hydrogen) atoms. The first-order valence-electron chi connectivity index (χ1n) is 6.98. The molecule has 0 unspecified atom stereocenters. The summed E-state index contributed by atoms with van der Waals surface area (Å²) in [6.07, 6.45) is -4.99. The molecule has 0 N–H and O–H groups in total. The molecule has 0 amide bonds. The summed E-state index contributed by atoms with van der Waals surface area (Å²) in [7, 11) is 2.14. The summed E-state index contributed by atoms with van der Waals surface area (Å²) in [5.41, 5.74) is -0.792. The Labute approximate surface area is 150 Å². The zero-order valence-corrected chi connectivity index (χ0v) is 14.3. The van der Waals surface area contributed by atoms with E-state index in [1.54, 1.807) is 0 Å². The van der Waals surface area contributed by atoms with Crippen LogP contribution in [0, 0.1) is 0 Å². The molecule has 11 heteroatoms. The summed E-state index contributed by atoms with van der Waals surface area (Å²) in [6, 6.07) is 3.29. The molecule has 0 bridgehead atoms. The fourth-order valence-corrected chi connectivity index (χ4v) is 2.41. The van der Waals surface area contributed by atoms with Gasteiger partial charge in [0.1, 0.15) is 12.4 Å². The van der Waals surface area contributed by atoms with E-state index in [4.69, 9.17) is 16.3 Å². The molecule has 142 valence electrons. The fraction of sp³-hybridized carbons (Fsp3) is 0.333. The van der Waals surface area contributed by atoms with Crippen LogP contribution in [0.3, 0.4) is 0 Å². The van der Waals surface area contributed by atoms with Crippen LogP contribution >= 0.6 is 11.6 Å². The predicted octanol–water partition coefficient (Wildman–Crippen LogP) is 2.63. The van der Waals surface area contributed by atoms with E-state index in [0.717, 1.165) is 31.3 Å². The second kappa shape index (κ2) is 7.83. The van der Waals surface area contributed by atoms with Crippen LogP contribution in [0.1, 0.15) is 0 Å². The third kappa shape index (κ3) is 4.38. The van der Waals surface area contributed by atoms with Crippen LogP contribution < -0.4 is 9.64 Å².